The molecule has 0 aliphatic carbocycles. The van der Waals surface area contributed by atoms with Crippen molar-refractivity contribution in [1.29, 1.82) is 0 Å². The van der Waals surface area contributed by atoms with Gasteiger partial charge in [-0.25, -0.2) is 4.98 Å². The van der Waals surface area contributed by atoms with Crippen molar-refractivity contribution < 1.29 is 13.2 Å². The number of hydrogen-bond donors (Lipinski definition) is 2. The lowest BCUT2D eigenvalue weighted by Gasteiger charge is -2.30. The van der Waals surface area contributed by atoms with E-state index in [1.54, 1.807) is 7.05 Å². The van der Waals surface area contributed by atoms with Gasteiger partial charge in [0.05, 0.1) is 6.54 Å². The van der Waals surface area contributed by atoms with Gasteiger partial charge in [0.1, 0.15) is 5.01 Å². The highest BCUT2D eigenvalue weighted by Crippen LogP contribution is 2.29. The molecule has 5 nitrogen and oxygen atoms in total. The van der Waals surface area contributed by atoms with Crippen LogP contribution in [0.1, 0.15) is 30.5 Å². The topological polar surface area (TPSA) is 52.6 Å². The molecule has 1 aromatic rings. The fraction of sp³-hybridized carbons (Fsp3) is 0.733. The number of hydrogen-bond acceptors (Lipinski definition) is 4. The van der Waals surface area contributed by atoms with Crippen LogP contribution in [0, 0.1) is 5.92 Å². The van der Waals surface area contributed by atoms with Gasteiger partial charge in [-0.15, -0.1) is 35.3 Å². The quantitative estimate of drug-likeness (QED) is 0.378. The van der Waals surface area contributed by atoms with Crippen LogP contribution in [0.4, 0.5) is 13.2 Å². The standard InChI is InChI=1S/C15H24F3N5S.HI/c1-11-3-6-23(7-4-11)8-5-20-14(19-2)21-9-13-22-12(10-24-13)15(16,17)18;/h10-11H,3-9H2,1-2H3,(H2,19,20,21);1H. The first-order valence-electron chi connectivity index (χ1n) is 8.07. The van der Waals surface area contributed by atoms with Gasteiger partial charge in [0.15, 0.2) is 11.7 Å². The van der Waals surface area contributed by atoms with Gasteiger partial charge in [0.2, 0.25) is 0 Å². The van der Waals surface area contributed by atoms with E-state index >= 15 is 0 Å². The zero-order valence-corrected chi connectivity index (χ0v) is 17.5. The van der Waals surface area contributed by atoms with Crippen molar-refractivity contribution in [2.24, 2.45) is 10.9 Å². The minimum absolute atomic E-state index is 0. The van der Waals surface area contributed by atoms with Gasteiger partial charge in [0.25, 0.3) is 0 Å². The van der Waals surface area contributed by atoms with Gasteiger partial charge in [0, 0.05) is 25.5 Å². The largest absolute Gasteiger partial charge is 0.434 e. The number of aromatic nitrogens is 1. The van der Waals surface area contributed by atoms with Gasteiger partial charge < -0.3 is 15.5 Å². The molecule has 25 heavy (non-hydrogen) atoms. The maximum Gasteiger partial charge on any atom is 0.434 e. The molecule has 0 amide bonds. The third-order valence-electron chi connectivity index (χ3n) is 4.07. The first-order chi connectivity index (χ1) is 11.4. The molecule has 0 bridgehead atoms. The Labute approximate surface area is 167 Å². The van der Waals surface area contributed by atoms with Crippen molar-refractivity contribution in [3.8, 4) is 0 Å². The van der Waals surface area contributed by atoms with Crippen LogP contribution < -0.4 is 10.6 Å². The molecule has 10 heteroatoms. The van der Waals surface area contributed by atoms with Crippen molar-refractivity contribution in [2.45, 2.75) is 32.5 Å². The Hall–Kier alpha value is -0.620. The fourth-order valence-electron chi connectivity index (χ4n) is 2.52. The number of thiazole rings is 1. The van der Waals surface area contributed by atoms with E-state index in [1.807, 2.05) is 0 Å². The number of halogens is 4. The van der Waals surface area contributed by atoms with E-state index in [0.29, 0.717) is 11.0 Å². The third-order valence-corrected chi connectivity index (χ3v) is 4.92. The summed E-state index contributed by atoms with van der Waals surface area (Å²) in [5.41, 5.74) is -0.841. The monoisotopic (exact) mass is 491 g/mol. The number of nitrogens with one attached hydrogen (secondary N) is 2. The molecule has 0 unspecified atom stereocenters. The maximum atomic E-state index is 12.5. The number of likely N-dealkylation sites (tertiary alicyclic amines) is 1. The summed E-state index contributed by atoms with van der Waals surface area (Å²) in [6, 6.07) is 0. The lowest BCUT2D eigenvalue weighted by atomic mass is 9.99. The molecule has 2 heterocycles. The van der Waals surface area contributed by atoms with E-state index in [1.165, 1.54) is 12.8 Å². The fourth-order valence-corrected chi connectivity index (χ4v) is 3.26. The number of nitrogens with zero attached hydrogens (tertiary/aromatic N) is 3. The number of aliphatic imine (C=N–C) groups is 1. The number of guanidine groups is 1. The number of piperidine rings is 1. The molecular weight excluding hydrogens is 466 g/mol. The molecule has 144 valence electrons. The van der Waals surface area contributed by atoms with Crippen LogP contribution in [0.25, 0.3) is 0 Å². The molecule has 1 saturated heterocycles. The van der Waals surface area contributed by atoms with Crippen LogP contribution in [0.3, 0.4) is 0 Å². The Bertz CT molecular complexity index is 542. The number of alkyl halides is 3. The summed E-state index contributed by atoms with van der Waals surface area (Å²) < 4.78 is 37.6. The first kappa shape index (κ1) is 22.4. The SMILES string of the molecule is CN=C(NCCN1CCC(C)CC1)NCc1nc(C(F)(F)F)cs1.I. The second-order valence-corrected chi connectivity index (χ2v) is 6.94. The molecule has 2 N–H and O–H groups in total. The summed E-state index contributed by atoms with van der Waals surface area (Å²) in [4.78, 5) is 10.1. The van der Waals surface area contributed by atoms with Crippen LogP contribution in [0.5, 0.6) is 0 Å². The van der Waals surface area contributed by atoms with Gasteiger partial charge in [-0.2, -0.15) is 13.2 Å². The Balaban J connectivity index is 0.00000312. The third kappa shape index (κ3) is 7.65. The van der Waals surface area contributed by atoms with Crippen LogP contribution >= 0.6 is 35.3 Å². The summed E-state index contributed by atoms with van der Waals surface area (Å²) in [7, 11) is 1.64. The molecule has 1 aliphatic rings. The van der Waals surface area contributed by atoms with Gasteiger partial charge in [-0.3, -0.25) is 4.99 Å². The molecule has 1 fully saturated rings. The van der Waals surface area contributed by atoms with Crippen LogP contribution in [0.2, 0.25) is 0 Å². The average molecular weight is 491 g/mol. The molecule has 0 atom stereocenters. The average Bonchev–Trinajstić information content (AvgIpc) is 3.01. The van der Waals surface area contributed by atoms with Gasteiger partial charge >= 0.3 is 6.18 Å². The number of rotatable bonds is 5. The van der Waals surface area contributed by atoms with E-state index in [4.69, 9.17) is 0 Å². The highest BCUT2D eigenvalue weighted by atomic mass is 127. The summed E-state index contributed by atoms with van der Waals surface area (Å²) in [5.74, 6) is 1.38. The minimum Gasteiger partial charge on any atom is -0.355 e. The van der Waals surface area contributed by atoms with Crippen molar-refractivity contribution in [2.75, 3.05) is 33.2 Å². The molecule has 2 rings (SSSR count). The molecule has 1 aliphatic heterocycles. The predicted octanol–water partition coefficient (Wildman–Crippen LogP) is 3.18. The molecule has 0 radical (unpaired) electrons. The summed E-state index contributed by atoms with van der Waals surface area (Å²) >= 11 is 0.991. The second kappa shape index (κ2) is 10.5. The normalized spacial score (nSPS) is 17.2. The zero-order valence-electron chi connectivity index (χ0n) is 14.4. The van der Waals surface area contributed by atoms with Crippen LogP contribution in [-0.4, -0.2) is 49.1 Å². The Morgan fingerprint density at radius 2 is 2.04 bits per heavy atom. The van der Waals surface area contributed by atoms with Gasteiger partial charge in [-0.1, -0.05) is 6.92 Å². The van der Waals surface area contributed by atoms with E-state index in [2.05, 4.69) is 32.4 Å². The van der Waals surface area contributed by atoms with E-state index in [0.717, 1.165) is 48.8 Å². The van der Waals surface area contributed by atoms with Crippen molar-refractivity contribution >= 4 is 41.3 Å². The molecule has 1 aromatic heterocycles. The molecule has 0 saturated carbocycles. The molecule has 0 aromatic carbocycles. The summed E-state index contributed by atoms with van der Waals surface area (Å²) in [6.07, 6.45) is -1.92. The van der Waals surface area contributed by atoms with Crippen LogP contribution in [-0.2, 0) is 12.7 Å². The van der Waals surface area contributed by atoms with Gasteiger partial charge in [-0.05, 0) is 31.8 Å². The summed E-state index contributed by atoms with van der Waals surface area (Å²) in [6.45, 7) is 6.43. The van der Waals surface area contributed by atoms with Crippen molar-refractivity contribution in [3.63, 3.8) is 0 Å². The summed E-state index contributed by atoms with van der Waals surface area (Å²) in [5, 5.41) is 7.60. The Morgan fingerprint density at radius 3 is 2.60 bits per heavy atom. The lowest BCUT2D eigenvalue weighted by Crippen LogP contribution is -2.43. The molecular formula is C15H25F3IN5S. The highest BCUT2D eigenvalue weighted by Gasteiger charge is 2.33. The molecule has 0 spiro atoms. The zero-order chi connectivity index (χ0) is 17.6. The smallest absolute Gasteiger partial charge is 0.355 e. The Kier molecular flexibility index (Phi) is 9.43. The maximum absolute atomic E-state index is 12.5. The lowest BCUT2D eigenvalue weighted by molar-refractivity contribution is -0.140. The van der Waals surface area contributed by atoms with Crippen LogP contribution in [0.15, 0.2) is 10.4 Å². The van der Waals surface area contributed by atoms with E-state index < -0.39 is 11.9 Å². The first-order valence-corrected chi connectivity index (χ1v) is 8.95. The van der Waals surface area contributed by atoms with Crippen molar-refractivity contribution in [1.82, 2.24) is 20.5 Å². The Morgan fingerprint density at radius 1 is 1.36 bits per heavy atom. The highest BCUT2D eigenvalue weighted by molar-refractivity contribution is 14.0. The van der Waals surface area contributed by atoms with Crippen molar-refractivity contribution in [3.05, 3.63) is 16.1 Å². The van der Waals surface area contributed by atoms with E-state index in [-0.39, 0.29) is 30.5 Å². The second-order valence-electron chi connectivity index (χ2n) is 6.00. The predicted molar refractivity (Wildman–Crippen MR) is 106 cm³/mol. The minimum atomic E-state index is -4.39. The van der Waals surface area contributed by atoms with E-state index in [9.17, 15) is 13.2 Å².